The number of nitrogens with one attached hydrogen (secondary N) is 2. The van der Waals surface area contributed by atoms with E-state index in [0.29, 0.717) is 6.54 Å². The Morgan fingerprint density at radius 3 is 2.94 bits per heavy atom. The van der Waals surface area contributed by atoms with E-state index in [1.54, 1.807) is 6.26 Å². The summed E-state index contributed by atoms with van der Waals surface area (Å²) < 4.78 is 5.23. The lowest BCUT2D eigenvalue weighted by molar-refractivity contribution is -0.122. The number of rotatable bonds is 7. The topological polar surface area (TPSA) is 57.5 Å². The van der Waals surface area contributed by atoms with Crippen LogP contribution in [-0.4, -0.2) is 44.5 Å². The molecule has 0 aromatic carbocycles. The number of furan rings is 1. The van der Waals surface area contributed by atoms with Crippen LogP contribution in [0.5, 0.6) is 0 Å². The third kappa shape index (κ3) is 5.01. The molecule has 0 radical (unpaired) electrons. The van der Waals surface area contributed by atoms with Crippen LogP contribution in [0.15, 0.2) is 22.8 Å². The van der Waals surface area contributed by atoms with Crippen molar-refractivity contribution in [3.8, 4) is 0 Å². The van der Waals surface area contributed by atoms with Crippen LogP contribution in [0.3, 0.4) is 0 Å². The minimum absolute atomic E-state index is 0.00695. The van der Waals surface area contributed by atoms with Crippen LogP contribution in [-0.2, 0) is 4.79 Å². The molecule has 17 heavy (non-hydrogen) atoms. The molecule has 0 saturated heterocycles. The smallest absolute Gasteiger partial charge is 0.234 e. The number of nitrogens with zero attached hydrogens (tertiary/aromatic N) is 1. The molecule has 1 aromatic rings. The molecule has 0 aliphatic carbocycles. The van der Waals surface area contributed by atoms with Gasteiger partial charge in [-0.3, -0.25) is 9.69 Å². The van der Waals surface area contributed by atoms with E-state index in [1.165, 1.54) is 0 Å². The number of likely N-dealkylation sites (N-methyl/N-ethyl adjacent to an activating group) is 2. The van der Waals surface area contributed by atoms with E-state index in [9.17, 15) is 4.79 Å². The highest BCUT2D eigenvalue weighted by molar-refractivity contribution is 5.78. The van der Waals surface area contributed by atoms with Crippen molar-refractivity contribution < 1.29 is 9.21 Å². The lowest BCUT2D eigenvalue weighted by Gasteiger charge is -2.17. The van der Waals surface area contributed by atoms with E-state index < -0.39 is 0 Å². The van der Waals surface area contributed by atoms with Crippen LogP contribution in [0.25, 0.3) is 0 Å². The summed E-state index contributed by atoms with van der Waals surface area (Å²) in [5, 5.41) is 5.94. The van der Waals surface area contributed by atoms with Crippen molar-refractivity contribution in [3.63, 3.8) is 0 Å². The maximum absolute atomic E-state index is 11.7. The van der Waals surface area contributed by atoms with E-state index in [2.05, 4.69) is 10.6 Å². The first-order valence-electron chi connectivity index (χ1n) is 5.79. The fraction of sp³-hybridized carbons (Fsp3) is 0.583. The van der Waals surface area contributed by atoms with Gasteiger partial charge in [0, 0.05) is 13.1 Å². The first kappa shape index (κ1) is 13.7. The monoisotopic (exact) mass is 239 g/mol. The molecule has 1 heterocycles. The average Bonchev–Trinajstić information content (AvgIpc) is 2.79. The Morgan fingerprint density at radius 1 is 1.59 bits per heavy atom. The Hall–Kier alpha value is -1.33. The molecule has 0 fully saturated rings. The zero-order chi connectivity index (χ0) is 12.7. The second-order valence-corrected chi connectivity index (χ2v) is 4.15. The van der Waals surface area contributed by atoms with Gasteiger partial charge in [-0.15, -0.1) is 0 Å². The molecular weight excluding hydrogens is 218 g/mol. The largest absolute Gasteiger partial charge is 0.467 e. The fourth-order valence-corrected chi connectivity index (χ4v) is 1.52. The van der Waals surface area contributed by atoms with Gasteiger partial charge in [-0.2, -0.15) is 0 Å². The third-order valence-corrected chi connectivity index (χ3v) is 2.50. The second kappa shape index (κ2) is 7.09. The Kier molecular flexibility index (Phi) is 5.72. The summed E-state index contributed by atoms with van der Waals surface area (Å²) in [5.41, 5.74) is 0. The van der Waals surface area contributed by atoms with E-state index in [1.807, 2.05) is 38.1 Å². The summed E-state index contributed by atoms with van der Waals surface area (Å²) in [6, 6.07) is 3.59. The molecule has 5 nitrogen and oxygen atoms in total. The standard InChI is InChI=1S/C12H21N3O2/c1-10(11-5-4-8-17-11)14-12(16)9-15(3)7-6-13-2/h4-5,8,10,13H,6-7,9H2,1-3H3,(H,14,16). The minimum atomic E-state index is -0.0878. The number of carbonyl (C=O) groups is 1. The Balaban J connectivity index is 2.29. The number of amides is 1. The molecule has 1 amide bonds. The van der Waals surface area contributed by atoms with Gasteiger partial charge in [0.15, 0.2) is 0 Å². The first-order chi connectivity index (χ1) is 8.13. The average molecular weight is 239 g/mol. The molecule has 0 aliphatic heterocycles. The van der Waals surface area contributed by atoms with Crippen molar-refractivity contribution in [2.45, 2.75) is 13.0 Å². The zero-order valence-corrected chi connectivity index (χ0v) is 10.7. The van der Waals surface area contributed by atoms with Gasteiger partial charge in [0.2, 0.25) is 5.91 Å². The summed E-state index contributed by atoms with van der Waals surface area (Å²) in [7, 11) is 3.82. The van der Waals surface area contributed by atoms with Crippen LogP contribution in [0, 0.1) is 0 Å². The van der Waals surface area contributed by atoms with Crippen LogP contribution in [0.1, 0.15) is 18.7 Å². The summed E-state index contributed by atoms with van der Waals surface area (Å²) in [4.78, 5) is 13.7. The van der Waals surface area contributed by atoms with E-state index >= 15 is 0 Å². The van der Waals surface area contributed by atoms with Crippen molar-refractivity contribution in [2.24, 2.45) is 0 Å². The van der Waals surface area contributed by atoms with Crippen LogP contribution >= 0.6 is 0 Å². The van der Waals surface area contributed by atoms with E-state index in [-0.39, 0.29) is 11.9 Å². The summed E-state index contributed by atoms with van der Waals surface area (Å²) in [6.45, 7) is 4.02. The van der Waals surface area contributed by atoms with E-state index in [0.717, 1.165) is 18.8 Å². The van der Waals surface area contributed by atoms with Gasteiger partial charge in [-0.05, 0) is 33.2 Å². The predicted molar refractivity (Wildman–Crippen MR) is 66.7 cm³/mol. The SMILES string of the molecule is CNCCN(C)CC(=O)NC(C)c1ccco1. The Labute approximate surface area is 102 Å². The molecule has 0 saturated carbocycles. The number of hydrogen-bond acceptors (Lipinski definition) is 4. The van der Waals surface area contributed by atoms with Crippen LogP contribution < -0.4 is 10.6 Å². The van der Waals surface area contributed by atoms with Crippen molar-refractivity contribution in [2.75, 3.05) is 33.7 Å². The minimum Gasteiger partial charge on any atom is -0.467 e. The van der Waals surface area contributed by atoms with Crippen LogP contribution in [0.2, 0.25) is 0 Å². The Morgan fingerprint density at radius 2 is 2.35 bits per heavy atom. The van der Waals surface area contributed by atoms with Gasteiger partial charge in [0.1, 0.15) is 5.76 Å². The van der Waals surface area contributed by atoms with Gasteiger partial charge in [-0.25, -0.2) is 0 Å². The first-order valence-corrected chi connectivity index (χ1v) is 5.79. The molecule has 1 aromatic heterocycles. The Bertz CT molecular complexity index is 325. The van der Waals surface area contributed by atoms with Crippen molar-refractivity contribution >= 4 is 5.91 Å². The summed E-state index contributed by atoms with van der Waals surface area (Å²) >= 11 is 0. The van der Waals surface area contributed by atoms with Gasteiger partial charge in [0.25, 0.3) is 0 Å². The molecule has 0 bridgehead atoms. The molecule has 5 heteroatoms. The molecule has 1 atom stereocenters. The molecule has 2 N–H and O–H groups in total. The quantitative estimate of drug-likeness (QED) is 0.732. The highest BCUT2D eigenvalue weighted by Gasteiger charge is 2.12. The highest BCUT2D eigenvalue weighted by atomic mass is 16.3. The second-order valence-electron chi connectivity index (χ2n) is 4.15. The molecule has 96 valence electrons. The summed E-state index contributed by atoms with van der Waals surface area (Å²) in [5.74, 6) is 0.781. The summed E-state index contributed by atoms with van der Waals surface area (Å²) in [6.07, 6.45) is 1.61. The normalized spacial score (nSPS) is 12.7. The molecule has 0 spiro atoms. The highest BCUT2D eigenvalue weighted by Crippen LogP contribution is 2.11. The van der Waals surface area contributed by atoms with Gasteiger partial charge in [-0.1, -0.05) is 0 Å². The van der Waals surface area contributed by atoms with Gasteiger partial charge >= 0.3 is 0 Å². The third-order valence-electron chi connectivity index (χ3n) is 2.50. The maximum Gasteiger partial charge on any atom is 0.234 e. The van der Waals surface area contributed by atoms with Crippen molar-refractivity contribution in [1.82, 2.24) is 15.5 Å². The number of carbonyl (C=O) groups excluding carboxylic acids is 1. The fourth-order valence-electron chi connectivity index (χ4n) is 1.52. The van der Waals surface area contributed by atoms with Gasteiger partial charge < -0.3 is 15.1 Å². The van der Waals surface area contributed by atoms with Crippen molar-refractivity contribution in [1.29, 1.82) is 0 Å². The molecule has 1 unspecified atom stereocenters. The van der Waals surface area contributed by atoms with Crippen LogP contribution in [0.4, 0.5) is 0 Å². The maximum atomic E-state index is 11.7. The van der Waals surface area contributed by atoms with Crippen molar-refractivity contribution in [3.05, 3.63) is 24.2 Å². The van der Waals surface area contributed by atoms with E-state index in [4.69, 9.17) is 4.42 Å². The van der Waals surface area contributed by atoms with Gasteiger partial charge in [0.05, 0.1) is 18.8 Å². The lowest BCUT2D eigenvalue weighted by Crippen LogP contribution is -2.38. The lowest BCUT2D eigenvalue weighted by atomic mass is 10.2. The molecular formula is C12H21N3O2. The number of hydrogen-bond donors (Lipinski definition) is 2. The predicted octanol–water partition coefficient (Wildman–Crippen LogP) is 0.608. The molecule has 0 aliphatic rings. The zero-order valence-electron chi connectivity index (χ0n) is 10.7. The molecule has 1 rings (SSSR count).